The number of aliphatic hydroxyl groups is 1. The molecular weight excluding hydrogens is 485 g/mol. The average Bonchev–Trinajstić information content (AvgIpc) is 3.15. The van der Waals surface area contributed by atoms with Crippen LogP contribution in [0, 0.1) is 6.92 Å². The third kappa shape index (κ3) is 5.28. The lowest BCUT2D eigenvalue weighted by molar-refractivity contribution is -0.137. The van der Waals surface area contributed by atoms with Crippen molar-refractivity contribution in [2.45, 2.75) is 56.5 Å². The van der Waals surface area contributed by atoms with E-state index in [4.69, 9.17) is 0 Å². The summed E-state index contributed by atoms with van der Waals surface area (Å²) in [6, 6.07) is 7.72. The molecule has 0 unspecified atom stereocenters. The summed E-state index contributed by atoms with van der Waals surface area (Å²) >= 11 is 0. The van der Waals surface area contributed by atoms with E-state index in [0.29, 0.717) is 29.8 Å². The number of rotatable bonds is 6. The Kier molecular flexibility index (Phi) is 6.61. The van der Waals surface area contributed by atoms with Gasteiger partial charge in [0.05, 0.1) is 29.3 Å². The van der Waals surface area contributed by atoms with E-state index in [1.807, 2.05) is 19.1 Å². The maximum Gasteiger partial charge on any atom is 0.416 e. The number of carbonyl (C=O) groups is 1. The van der Waals surface area contributed by atoms with Crippen LogP contribution in [0.1, 0.15) is 42.5 Å². The van der Waals surface area contributed by atoms with Crippen LogP contribution in [-0.2, 0) is 23.6 Å². The van der Waals surface area contributed by atoms with Crippen molar-refractivity contribution in [1.29, 1.82) is 0 Å². The van der Waals surface area contributed by atoms with Gasteiger partial charge in [-0.05, 0) is 56.9 Å². The van der Waals surface area contributed by atoms with Gasteiger partial charge in [-0.15, -0.1) is 0 Å². The van der Waals surface area contributed by atoms with E-state index in [0.717, 1.165) is 49.3 Å². The molecule has 5 rings (SSSR count). The number of nitrogens with one attached hydrogen (secondary N) is 2. The summed E-state index contributed by atoms with van der Waals surface area (Å²) in [7, 11) is 1.65. The molecule has 0 radical (unpaired) electrons. The zero-order valence-electron chi connectivity index (χ0n) is 20.8. The van der Waals surface area contributed by atoms with Crippen LogP contribution in [0.2, 0.25) is 0 Å². The summed E-state index contributed by atoms with van der Waals surface area (Å²) in [6.07, 6.45) is 0.409. The van der Waals surface area contributed by atoms with Crippen LogP contribution in [0.3, 0.4) is 0 Å². The standard InChI is InChI=1S/C26H31F3N6O2/c1-16-3-4-18(12-30-16)25(37)9-7-20(8-10-25)35-14-19(15-35)32-23(36)13-31-24-21-11-17(26(27,28)29)5-6-22(21)34(2)33-24/h3-6,11-12,19-20,37H,7-10,13-15H2,1-2H3,(H,31,33)(H,32,36)/t20-,25-. The van der Waals surface area contributed by atoms with Gasteiger partial charge < -0.3 is 15.7 Å². The quantitative estimate of drug-likeness (QED) is 0.465. The number of nitrogens with zero attached hydrogens (tertiary/aromatic N) is 4. The molecule has 2 fully saturated rings. The summed E-state index contributed by atoms with van der Waals surface area (Å²) in [4.78, 5) is 19.1. The number of aromatic nitrogens is 3. The molecule has 0 atom stereocenters. The highest BCUT2D eigenvalue weighted by atomic mass is 19.4. The molecule has 8 nitrogen and oxygen atoms in total. The fourth-order valence-corrected chi connectivity index (χ4v) is 5.39. The van der Waals surface area contributed by atoms with Crippen molar-refractivity contribution in [3.05, 3.63) is 53.3 Å². The lowest BCUT2D eigenvalue weighted by Crippen LogP contribution is -2.63. The first-order chi connectivity index (χ1) is 17.5. The van der Waals surface area contributed by atoms with Gasteiger partial charge >= 0.3 is 6.18 Å². The van der Waals surface area contributed by atoms with Crippen LogP contribution in [0.15, 0.2) is 36.5 Å². The minimum atomic E-state index is -4.45. The maximum absolute atomic E-state index is 13.1. The van der Waals surface area contributed by atoms with Crippen LogP contribution in [0.25, 0.3) is 10.9 Å². The number of halogens is 3. The van der Waals surface area contributed by atoms with E-state index in [-0.39, 0.29) is 24.3 Å². The van der Waals surface area contributed by atoms with Gasteiger partial charge in [-0.25, -0.2) is 0 Å². The fraction of sp³-hybridized carbons (Fsp3) is 0.500. The molecule has 37 heavy (non-hydrogen) atoms. The lowest BCUT2D eigenvalue weighted by Gasteiger charge is -2.48. The summed E-state index contributed by atoms with van der Waals surface area (Å²) in [6.45, 7) is 3.32. The van der Waals surface area contributed by atoms with Crippen LogP contribution in [0.4, 0.5) is 19.0 Å². The van der Waals surface area contributed by atoms with Gasteiger partial charge in [0.1, 0.15) is 0 Å². The highest BCUT2D eigenvalue weighted by Crippen LogP contribution is 2.39. The van der Waals surface area contributed by atoms with Gasteiger partial charge in [0.15, 0.2) is 5.82 Å². The van der Waals surface area contributed by atoms with Crippen LogP contribution in [-0.4, -0.2) is 62.4 Å². The predicted octanol–water partition coefficient (Wildman–Crippen LogP) is 3.34. The molecule has 1 amide bonds. The summed E-state index contributed by atoms with van der Waals surface area (Å²) in [5.74, 6) is 0.00720. The molecule has 11 heteroatoms. The molecule has 0 bridgehead atoms. The van der Waals surface area contributed by atoms with Crippen molar-refractivity contribution < 1.29 is 23.1 Å². The van der Waals surface area contributed by atoms with Gasteiger partial charge in [0.2, 0.25) is 5.91 Å². The molecule has 3 aromatic rings. The number of pyridine rings is 1. The topological polar surface area (TPSA) is 95.3 Å². The monoisotopic (exact) mass is 516 g/mol. The van der Waals surface area contributed by atoms with Crippen LogP contribution in [0.5, 0.6) is 0 Å². The minimum absolute atomic E-state index is 0.0220. The van der Waals surface area contributed by atoms with Crippen molar-refractivity contribution >= 4 is 22.6 Å². The Bertz CT molecular complexity index is 1280. The van der Waals surface area contributed by atoms with E-state index in [1.165, 1.54) is 10.7 Å². The number of likely N-dealkylation sites (tertiary alicyclic amines) is 1. The predicted molar refractivity (Wildman–Crippen MR) is 133 cm³/mol. The minimum Gasteiger partial charge on any atom is -0.385 e. The second-order valence-electron chi connectivity index (χ2n) is 10.2. The van der Waals surface area contributed by atoms with Gasteiger partial charge in [-0.1, -0.05) is 6.07 Å². The summed E-state index contributed by atoms with van der Waals surface area (Å²) in [5.41, 5.74) is 0.745. The highest BCUT2D eigenvalue weighted by molar-refractivity contribution is 5.92. The second kappa shape index (κ2) is 9.60. The molecule has 1 saturated carbocycles. The number of carbonyl (C=O) groups excluding carboxylic acids is 1. The third-order valence-corrected chi connectivity index (χ3v) is 7.62. The fourth-order valence-electron chi connectivity index (χ4n) is 5.39. The molecule has 1 aliphatic heterocycles. The van der Waals surface area contributed by atoms with Crippen LogP contribution >= 0.6 is 0 Å². The number of aryl methyl sites for hydroxylation is 2. The number of benzene rings is 1. The molecule has 1 aliphatic carbocycles. The molecule has 3 N–H and O–H groups in total. The number of fused-ring (bicyclic) bond motifs is 1. The Balaban J connectivity index is 1.09. The SMILES string of the molecule is Cc1ccc([C@]2(O)CC[C@H](N3CC(NC(=O)CNc4nn(C)c5ccc(C(F)(F)F)cc45)C3)CC2)cn1. The summed E-state index contributed by atoms with van der Waals surface area (Å²) in [5, 5.41) is 21.5. The van der Waals surface area contributed by atoms with E-state index < -0.39 is 17.3 Å². The third-order valence-electron chi connectivity index (χ3n) is 7.62. The number of amides is 1. The van der Waals surface area contributed by atoms with E-state index >= 15 is 0 Å². The van der Waals surface area contributed by atoms with Crippen molar-refractivity contribution in [3.8, 4) is 0 Å². The number of anilines is 1. The lowest BCUT2D eigenvalue weighted by atomic mass is 9.77. The first-order valence-corrected chi connectivity index (χ1v) is 12.5. The average molecular weight is 517 g/mol. The number of hydrogen-bond acceptors (Lipinski definition) is 6. The maximum atomic E-state index is 13.1. The van der Waals surface area contributed by atoms with E-state index in [2.05, 4.69) is 25.6 Å². The highest BCUT2D eigenvalue weighted by Gasteiger charge is 2.40. The molecule has 1 aromatic carbocycles. The Morgan fingerprint density at radius 1 is 1.19 bits per heavy atom. The Hall–Kier alpha value is -3.18. The zero-order valence-corrected chi connectivity index (χ0v) is 20.8. The second-order valence-corrected chi connectivity index (χ2v) is 10.2. The Morgan fingerprint density at radius 3 is 2.57 bits per heavy atom. The van der Waals surface area contributed by atoms with Crippen molar-refractivity contribution in [2.24, 2.45) is 7.05 Å². The summed E-state index contributed by atoms with van der Waals surface area (Å²) < 4.78 is 40.9. The zero-order chi connectivity index (χ0) is 26.4. The van der Waals surface area contributed by atoms with Gasteiger partial charge in [0, 0.05) is 49.0 Å². The number of alkyl halides is 3. The van der Waals surface area contributed by atoms with Crippen molar-refractivity contribution in [3.63, 3.8) is 0 Å². The largest absolute Gasteiger partial charge is 0.416 e. The molecular formula is C26H31F3N6O2. The van der Waals surface area contributed by atoms with Crippen LogP contribution < -0.4 is 10.6 Å². The molecule has 2 aliphatic rings. The van der Waals surface area contributed by atoms with E-state index in [1.54, 1.807) is 13.2 Å². The molecule has 0 spiro atoms. The van der Waals surface area contributed by atoms with Gasteiger partial charge in [-0.3, -0.25) is 19.4 Å². The smallest absolute Gasteiger partial charge is 0.385 e. The van der Waals surface area contributed by atoms with E-state index in [9.17, 15) is 23.1 Å². The van der Waals surface area contributed by atoms with Crippen molar-refractivity contribution in [2.75, 3.05) is 25.0 Å². The Morgan fingerprint density at radius 2 is 1.92 bits per heavy atom. The Labute approximate surface area is 212 Å². The van der Waals surface area contributed by atoms with Gasteiger partial charge in [0.25, 0.3) is 0 Å². The van der Waals surface area contributed by atoms with Crippen molar-refractivity contribution in [1.82, 2.24) is 25.0 Å². The first-order valence-electron chi connectivity index (χ1n) is 12.5. The normalized spacial score (nSPS) is 23.1. The molecule has 2 aromatic heterocycles. The molecule has 1 saturated heterocycles. The van der Waals surface area contributed by atoms with Gasteiger partial charge in [-0.2, -0.15) is 18.3 Å². The molecule has 198 valence electrons. The number of hydrogen-bond donors (Lipinski definition) is 3. The first kappa shape index (κ1) is 25.5. The molecule has 3 heterocycles.